The van der Waals surface area contributed by atoms with Gasteiger partial charge in [0.2, 0.25) is 0 Å². The zero-order valence-electron chi connectivity index (χ0n) is 19.8. The number of rotatable bonds is 5. The van der Waals surface area contributed by atoms with E-state index in [9.17, 15) is 19.8 Å². The summed E-state index contributed by atoms with van der Waals surface area (Å²) in [5, 5.41) is 20.0. The molecule has 4 nitrogen and oxygen atoms in total. The first-order valence-electron chi connectivity index (χ1n) is 11.8. The van der Waals surface area contributed by atoms with Gasteiger partial charge >= 0.3 is 16.5 Å². The Hall–Kier alpha value is -0.656. The summed E-state index contributed by atoms with van der Waals surface area (Å²) in [6.45, 7) is 5.39. The van der Waals surface area contributed by atoms with Gasteiger partial charge in [-0.15, -0.1) is 11.5 Å². The van der Waals surface area contributed by atoms with Gasteiger partial charge in [-0.2, -0.15) is 0 Å². The van der Waals surface area contributed by atoms with Gasteiger partial charge in [0.05, 0.1) is 17.0 Å². The Labute approximate surface area is 201 Å². The summed E-state index contributed by atoms with van der Waals surface area (Å²) >= 11 is 0. The van der Waals surface area contributed by atoms with Gasteiger partial charge < -0.3 is 10.2 Å². The molecule has 3 rings (SSSR count). The first-order valence-corrected chi connectivity index (χ1v) is 13.5. The molecule has 3 fully saturated rings. The van der Waals surface area contributed by atoms with Crippen LogP contribution in [0, 0.1) is 0 Å². The van der Waals surface area contributed by atoms with Crippen LogP contribution >= 0.6 is 7.92 Å². The number of hydrogen-bond acceptors (Lipinski definition) is 4. The number of allylic oxidation sites excluding steroid dienone is 4. The average molecular weight is 496 g/mol. The van der Waals surface area contributed by atoms with Crippen LogP contribution in [-0.2, 0) is 26.1 Å². The fraction of sp³-hybridized carbons (Fsp3) is 0.760. The topological polar surface area (TPSA) is 80.3 Å². The second-order valence-electron chi connectivity index (χ2n) is 9.18. The van der Waals surface area contributed by atoms with Gasteiger partial charge in [0.15, 0.2) is 11.6 Å². The number of hydrogen-bond donors (Lipinski definition) is 0. The fourth-order valence-electron chi connectivity index (χ4n) is 5.35. The Morgan fingerprint density at radius 2 is 0.839 bits per heavy atom. The first-order chi connectivity index (χ1) is 14.2. The number of carbonyl (C=O) groups excluding carboxylic acids is 2. The quantitative estimate of drug-likeness (QED) is 0.239. The molecule has 31 heavy (non-hydrogen) atoms. The summed E-state index contributed by atoms with van der Waals surface area (Å²) < 4.78 is 0. The van der Waals surface area contributed by atoms with E-state index in [1.54, 1.807) is 77.0 Å². The second kappa shape index (κ2) is 16.9. The van der Waals surface area contributed by atoms with E-state index in [1.807, 2.05) is 0 Å². The first kappa shape index (κ1) is 30.3. The van der Waals surface area contributed by atoms with Crippen molar-refractivity contribution < 1.29 is 36.3 Å². The van der Waals surface area contributed by atoms with Crippen LogP contribution in [0.5, 0.6) is 0 Å². The third-order valence-corrected chi connectivity index (χ3v) is 10.9. The van der Waals surface area contributed by atoms with Crippen molar-refractivity contribution in [2.75, 3.05) is 0 Å². The predicted molar refractivity (Wildman–Crippen MR) is 124 cm³/mol. The zero-order chi connectivity index (χ0) is 22.5. The molecule has 0 atom stereocenters. The van der Waals surface area contributed by atoms with Crippen molar-refractivity contribution in [3.8, 4) is 0 Å². The molecule has 0 radical (unpaired) electrons. The molecule has 0 unspecified atom stereocenters. The maximum absolute atomic E-state index is 9.98. The average Bonchev–Trinajstić information content (AvgIpc) is 3.39. The van der Waals surface area contributed by atoms with Crippen LogP contribution in [0.25, 0.3) is 0 Å². The largest absolute Gasteiger partial charge is 2.00 e. The Kier molecular flexibility index (Phi) is 16.5. The smallest absolute Gasteiger partial charge is 0.876 e. The van der Waals surface area contributed by atoms with E-state index in [0.717, 1.165) is 12.2 Å². The van der Waals surface area contributed by atoms with Crippen LogP contribution in [0.15, 0.2) is 23.7 Å². The molecule has 6 heteroatoms. The summed E-state index contributed by atoms with van der Waals surface area (Å²) in [6, 6.07) is 0. The Morgan fingerprint density at radius 3 is 0.968 bits per heavy atom. The van der Waals surface area contributed by atoms with Crippen molar-refractivity contribution in [1.82, 2.24) is 0 Å². The van der Waals surface area contributed by atoms with Crippen LogP contribution in [0.3, 0.4) is 0 Å². The van der Waals surface area contributed by atoms with Crippen LogP contribution in [0.2, 0.25) is 0 Å². The molecular formula is C25H42NiO4P+. The Bertz CT molecular complexity index is 510. The molecule has 0 N–H and O–H groups in total. The van der Waals surface area contributed by atoms with E-state index in [0.29, 0.717) is 0 Å². The van der Waals surface area contributed by atoms with Crippen LogP contribution in [-0.4, -0.2) is 28.5 Å². The zero-order valence-corrected chi connectivity index (χ0v) is 21.8. The molecule has 3 saturated carbocycles. The van der Waals surface area contributed by atoms with Crippen molar-refractivity contribution in [3.63, 3.8) is 0 Å². The molecule has 0 aromatic rings. The maximum atomic E-state index is 9.98. The van der Waals surface area contributed by atoms with Crippen LogP contribution < -0.4 is 10.2 Å². The summed E-state index contributed by atoms with van der Waals surface area (Å²) in [5.41, 5.74) is 3.74. The van der Waals surface area contributed by atoms with Gasteiger partial charge in [-0.3, -0.25) is 9.59 Å². The van der Waals surface area contributed by atoms with E-state index < -0.39 is 0 Å². The molecule has 0 saturated heterocycles. The molecule has 0 aromatic carbocycles. The standard InChI is InChI=1S/C15H27P.2C5H8O2.Ni/c1-2-8-13(7-1)16(14-9-3-4-10-14)15-11-5-6-12-15;2*1-4(6)3-5(2)7;/h13-15H,1-12H2;2*3,6H,1-2H3;/q;;;+2/p-1/b;2*4-3-;. The van der Waals surface area contributed by atoms with E-state index in [-0.39, 0.29) is 47.5 Å². The Morgan fingerprint density at radius 1 is 0.613 bits per heavy atom. The maximum Gasteiger partial charge on any atom is 2.00 e. The summed E-state index contributed by atoms with van der Waals surface area (Å²) in [6.07, 6.45) is 21.3. The molecule has 3 aliphatic rings. The molecule has 0 spiro atoms. The van der Waals surface area contributed by atoms with Crippen LogP contribution in [0.4, 0.5) is 0 Å². The van der Waals surface area contributed by atoms with Crippen molar-refractivity contribution in [2.45, 2.75) is 122 Å². The van der Waals surface area contributed by atoms with Crippen molar-refractivity contribution in [1.29, 1.82) is 0 Å². The van der Waals surface area contributed by atoms with Crippen molar-refractivity contribution in [3.05, 3.63) is 23.7 Å². The molecular weight excluding hydrogens is 454 g/mol. The minimum atomic E-state index is -0.187. The summed E-state index contributed by atoms with van der Waals surface area (Å²) in [7, 11) is 0.0224. The minimum Gasteiger partial charge on any atom is -0.876 e. The van der Waals surface area contributed by atoms with Crippen molar-refractivity contribution in [2.24, 2.45) is 0 Å². The third kappa shape index (κ3) is 13.5. The van der Waals surface area contributed by atoms with Gasteiger partial charge in [-0.1, -0.05) is 13.8 Å². The van der Waals surface area contributed by atoms with Gasteiger partial charge in [0, 0.05) is 7.92 Å². The molecule has 0 heterocycles. The Balaban J connectivity index is 0.000000510. The van der Waals surface area contributed by atoms with Crippen LogP contribution in [0.1, 0.15) is 105 Å². The predicted octanol–water partition coefficient (Wildman–Crippen LogP) is 4.70. The number of carbonyl (C=O) groups is 2. The SMILES string of the molecule is C1CCC([PH+](C2CCCC2)C2CCCC2)C1.CC(=O)/C=C(/C)[O-].CC(=O)/C=C(/C)[O-].[Ni+2]. The van der Waals surface area contributed by atoms with Gasteiger partial charge in [0.25, 0.3) is 0 Å². The minimum absolute atomic E-state index is 0. The van der Waals surface area contributed by atoms with E-state index in [2.05, 4.69) is 0 Å². The molecule has 0 aliphatic heterocycles. The molecule has 180 valence electrons. The normalized spacial score (nSPS) is 20.5. The van der Waals surface area contributed by atoms with E-state index >= 15 is 0 Å². The number of ketones is 2. The van der Waals surface area contributed by atoms with Crippen molar-refractivity contribution >= 4 is 19.5 Å². The van der Waals surface area contributed by atoms with Gasteiger partial charge in [-0.25, -0.2) is 0 Å². The van der Waals surface area contributed by atoms with Gasteiger partial charge in [0.1, 0.15) is 0 Å². The second-order valence-corrected chi connectivity index (χ2v) is 12.6. The summed E-state index contributed by atoms with van der Waals surface area (Å²) in [5.74, 6) is -0.750. The van der Waals surface area contributed by atoms with Gasteiger partial charge in [-0.05, 0) is 103 Å². The molecule has 0 aromatic heterocycles. The summed E-state index contributed by atoms with van der Waals surface area (Å²) in [4.78, 5) is 20.0. The van der Waals surface area contributed by atoms with E-state index in [1.165, 1.54) is 44.7 Å². The van der Waals surface area contributed by atoms with E-state index in [4.69, 9.17) is 0 Å². The third-order valence-electron chi connectivity index (χ3n) is 6.29. The molecule has 0 amide bonds. The fourth-order valence-corrected chi connectivity index (χ4v) is 10.6. The monoisotopic (exact) mass is 495 g/mol. The molecule has 0 bridgehead atoms. The molecule has 3 aliphatic carbocycles.